The minimum Gasteiger partial charge on any atom is -0.324 e. The normalized spacial score (nSPS) is 12.4. The van der Waals surface area contributed by atoms with Gasteiger partial charge < -0.3 is 5.73 Å². The molecule has 0 amide bonds. The van der Waals surface area contributed by atoms with Crippen molar-refractivity contribution in [3.05, 3.63) is 70.0 Å². The highest BCUT2D eigenvalue weighted by atomic mass is 35.5. The molecule has 1 nitrogen and oxygen atoms in total. The smallest absolute Gasteiger partial charge is 0.145 e. The largest absolute Gasteiger partial charge is 0.324 e. The van der Waals surface area contributed by atoms with Gasteiger partial charge in [-0.1, -0.05) is 61.3 Å². The summed E-state index contributed by atoms with van der Waals surface area (Å²) in [5.74, 6) is -0.368. The first-order valence-electron chi connectivity index (χ1n) is 6.89. The van der Waals surface area contributed by atoms with E-state index in [1.807, 2.05) is 12.1 Å². The highest BCUT2D eigenvalue weighted by Gasteiger charge is 2.12. The Balaban J connectivity index is 2.11. The molecule has 2 aromatic rings. The summed E-state index contributed by atoms with van der Waals surface area (Å²) in [5.41, 5.74) is 9.04. The van der Waals surface area contributed by atoms with Crippen LogP contribution in [0, 0.1) is 5.82 Å². The summed E-state index contributed by atoms with van der Waals surface area (Å²) in [4.78, 5) is 0. The Morgan fingerprint density at radius 2 is 1.85 bits per heavy atom. The van der Waals surface area contributed by atoms with Crippen LogP contribution in [0.3, 0.4) is 0 Å². The third kappa shape index (κ3) is 3.59. The molecule has 1 unspecified atom stereocenters. The van der Waals surface area contributed by atoms with Crippen LogP contribution in [0.15, 0.2) is 42.5 Å². The molecule has 0 saturated heterocycles. The lowest BCUT2D eigenvalue weighted by Crippen LogP contribution is -2.14. The van der Waals surface area contributed by atoms with Crippen LogP contribution in [-0.2, 0) is 12.8 Å². The quantitative estimate of drug-likeness (QED) is 0.851. The maximum absolute atomic E-state index is 13.9. The molecular weight excluding hydrogens is 273 g/mol. The molecule has 2 rings (SSSR count). The van der Waals surface area contributed by atoms with Crippen LogP contribution >= 0.6 is 11.6 Å². The molecule has 20 heavy (non-hydrogen) atoms. The zero-order valence-electron chi connectivity index (χ0n) is 11.6. The topological polar surface area (TPSA) is 26.0 Å². The zero-order chi connectivity index (χ0) is 14.5. The Kier molecular flexibility index (Phi) is 5.16. The lowest BCUT2D eigenvalue weighted by Gasteiger charge is -2.14. The Morgan fingerprint density at radius 1 is 1.15 bits per heavy atom. The van der Waals surface area contributed by atoms with Crippen molar-refractivity contribution in [3.8, 4) is 0 Å². The summed E-state index contributed by atoms with van der Waals surface area (Å²) in [6.45, 7) is 2.15. The van der Waals surface area contributed by atoms with Gasteiger partial charge in [-0.3, -0.25) is 0 Å². The first kappa shape index (κ1) is 15.0. The monoisotopic (exact) mass is 291 g/mol. The van der Waals surface area contributed by atoms with E-state index in [2.05, 4.69) is 19.1 Å². The third-order valence-corrected chi connectivity index (χ3v) is 3.71. The summed E-state index contributed by atoms with van der Waals surface area (Å²) < 4.78 is 13.9. The van der Waals surface area contributed by atoms with Crippen LogP contribution in [0.5, 0.6) is 0 Å². The van der Waals surface area contributed by atoms with Gasteiger partial charge in [-0.2, -0.15) is 0 Å². The van der Waals surface area contributed by atoms with Gasteiger partial charge in [-0.25, -0.2) is 4.39 Å². The molecule has 0 saturated carbocycles. The third-order valence-electron chi connectivity index (χ3n) is 3.42. The molecule has 0 aliphatic rings. The maximum atomic E-state index is 13.9. The number of hydrogen-bond donors (Lipinski definition) is 1. The summed E-state index contributed by atoms with van der Waals surface area (Å²) in [6, 6.07) is 13.0. The molecule has 0 aromatic heterocycles. The number of nitrogens with two attached hydrogens (primary N) is 1. The Labute approximate surface area is 124 Å². The van der Waals surface area contributed by atoms with Crippen LogP contribution in [0.25, 0.3) is 0 Å². The molecular formula is C17H19ClFN. The number of halogens is 2. The van der Waals surface area contributed by atoms with E-state index in [1.165, 1.54) is 5.56 Å². The predicted octanol–water partition coefficient (Wildman–Crippen LogP) is 4.67. The van der Waals surface area contributed by atoms with Gasteiger partial charge >= 0.3 is 0 Å². The summed E-state index contributed by atoms with van der Waals surface area (Å²) in [5, 5.41) is 0.146. The van der Waals surface area contributed by atoms with Gasteiger partial charge in [0.1, 0.15) is 5.82 Å². The minimum atomic E-state index is -0.368. The fraction of sp³-hybridized carbons (Fsp3) is 0.294. The number of benzene rings is 2. The highest BCUT2D eigenvalue weighted by molar-refractivity contribution is 6.30. The Bertz CT molecular complexity index is 566. The van der Waals surface area contributed by atoms with Crippen molar-refractivity contribution in [2.24, 2.45) is 5.73 Å². The van der Waals surface area contributed by atoms with Gasteiger partial charge in [0.2, 0.25) is 0 Å². The molecule has 0 heterocycles. The molecule has 2 N–H and O–H groups in total. The van der Waals surface area contributed by atoms with Gasteiger partial charge in [0.15, 0.2) is 0 Å². The molecule has 0 radical (unpaired) electrons. The van der Waals surface area contributed by atoms with E-state index < -0.39 is 0 Å². The van der Waals surface area contributed by atoms with Gasteiger partial charge in [0.25, 0.3) is 0 Å². The molecule has 0 aliphatic carbocycles. The van der Waals surface area contributed by atoms with Crippen LogP contribution in [0.4, 0.5) is 4.39 Å². The molecule has 0 bridgehead atoms. The van der Waals surface area contributed by atoms with Crippen LogP contribution in [-0.4, -0.2) is 0 Å². The summed E-state index contributed by atoms with van der Waals surface area (Å²) >= 11 is 5.78. The minimum absolute atomic E-state index is 0.146. The van der Waals surface area contributed by atoms with Crippen molar-refractivity contribution in [2.45, 2.75) is 32.2 Å². The van der Waals surface area contributed by atoms with E-state index in [4.69, 9.17) is 17.3 Å². The number of aryl methyl sites for hydroxylation is 1. The van der Waals surface area contributed by atoms with Crippen LogP contribution in [0.2, 0.25) is 5.02 Å². The van der Waals surface area contributed by atoms with E-state index in [1.54, 1.807) is 18.2 Å². The Hall–Kier alpha value is -1.38. The zero-order valence-corrected chi connectivity index (χ0v) is 12.3. The van der Waals surface area contributed by atoms with Gasteiger partial charge in [0, 0.05) is 6.04 Å². The Morgan fingerprint density at radius 3 is 2.50 bits per heavy atom. The number of hydrogen-bond acceptors (Lipinski definition) is 1. The van der Waals surface area contributed by atoms with Crippen molar-refractivity contribution in [1.82, 2.24) is 0 Å². The second-order valence-corrected chi connectivity index (χ2v) is 5.42. The van der Waals surface area contributed by atoms with Gasteiger partial charge in [-0.05, 0) is 35.6 Å². The van der Waals surface area contributed by atoms with Gasteiger partial charge in [0.05, 0.1) is 5.02 Å². The first-order valence-corrected chi connectivity index (χ1v) is 7.27. The molecule has 0 fully saturated rings. The summed E-state index contributed by atoms with van der Waals surface area (Å²) in [7, 11) is 0. The average Bonchev–Trinajstić information content (AvgIpc) is 2.45. The fourth-order valence-corrected chi connectivity index (χ4v) is 2.48. The summed E-state index contributed by atoms with van der Waals surface area (Å²) in [6.07, 6.45) is 2.64. The second-order valence-electron chi connectivity index (χ2n) is 5.02. The van der Waals surface area contributed by atoms with Crippen molar-refractivity contribution in [1.29, 1.82) is 0 Å². The van der Waals surface area contributed by atoms with Crippen molar-refractivity contribution < 1.29 is 4.39 Å². The van der Waals surface area contributed by atoms with E-state index in [0.29, 0.717) is 12.0 Å². The molecule has 2 aromatic carbocycles. The fourth-order valence-electron chi connectivity index (χ4n) is 2.28. The van der Waals surface area contributed by atoms with E-state index in [-0.39, 0.29) is 16.9 Å². The lowest BCUT2D eigenvalue weighted by molar-refractivity contribution is 0.593. The molecule has 0 aliphatic heterocycles. The predicted molar refractivity (Wildman–Crippen MR) is 82.5 cm³/mol. The maximum Gasteiger partial charge on any atom is 0.145 e. The SMILES string of the molecule is CCCc1ccc(C(N)Cc2cccc(Cl)c2F)cc1. The molecule has 0 spiro atoms. The molecule has 106 valence electrons. The van der Waals surface area contributed by atoms with E-state index in [9.17, 15) is 4.39 Å². The van der Waals surface area contributed by atoms with Crippen molar-refractivity contribution >= 4 is 11.6 Å². The van der Waals surface area contributed by atoms with Crippen molar-refractivity contribution in [3.63, 3.8) is 0 Å². The van der Waals surface area contributed by atoms with Crippen LogP contribution < -0.4 is 5.73 Å². The van der Waals surface area contributed by atoms with Crippen LogP contribution in [0.1, 0.15) is 36.1 Å². The first-order chi connectivity index (χ1) is 9.61. The molecule has 3 heteroatoms. The van der Waals surface area contributed by atoms with Crippen molar-refractivity contribution in [2.75, 3.05) is 0 Å². The van der Waals surface area contributed by atoms with E-state index >= 15 is 0 Å². The highest BCUT2D eigenvalue weighted by Crippen LogP contribution is 2.23. The van der Waals surface area contributed by atoms with Gasteiger partial charge in [-0.15, -0.1) is 0 Å². The number of rotatable bonds is 5. The standard InChI is InChI=1S/C17H19ClFN/c1-2-4-12-7-9-13(10-8-12)16(20)11-14-5-3-6-15(18)17(14)19/h3,5-10,16H,2,4,11,20H2,1H3. The molecule has 1 atom stereocenters. The van der Waals surface area contributed by atoms with E-state index in [0.717, 1.165) is 18.4 Å². The average molecular weight is 292 g/mol. The second kappa shape index (κ2) is 6.87. The lowest BCUT2D eigenvalue weighted by atomic mass is 9.97.